The third-order valence-corrected chi connectivity index (χ3v) is 23.5. The van der Waals surface area contributed by atoms with Gasteiger partial charge in [-0.2, -0.15) is 0 Å². The van der Waals surface area contributed by atoms with Crippen LogP contribution in [0.5, 0.6) is 34.5 Å². The molecule has 0 amide bonds. The van der Waals surface area contributed by atoms with E-state index in [1.807, 2.05) is 248 Å². The van der Waals surface area contributed by atoms with Crippen molar-refractivity contribution < 1.29 is 75.4 Å². The number of rotatable bonds is 21. The largest absolute Gasteiger partial charge is 0.0622 e. The Hall–Kier alpha value is -13.4. The van der Waals surface area contributed by atoms with Gasteiger partial charge in [0.1, 0.15) is 34.5 Å². The molecule has 3 aliphatic heterocycles. The summed E-state index contributed by atoms with van der Waals surface area (Å²) in [7, 11) is 8.77. The van der Waals surface area contributed by atoms with Gasteiger partial charge in [-0.05, 0) is 246 Å². The van der Waals surface area contributed by atoms with Gasteiger partial charge in [0.25, 0.3) is 35.3 Å². The molecule has 15 aromatic carbocycles. The van der Waals surface area contributed by atoms with Crippen molar-refractivity contribution in [3.63, 3.8) is 0 Å². The Morgan fingerprint density at radius 2 is 0.350 bits per heavy atom. The number of hydrogen-bond acceptors (Lipinski definition) is 14. The molecule has 140 heavy (non-hydrogen) atoms. The van der Waals surface area contributed by atoms with Crippen LogP contribution in [0.15, 0.2) is 435 Å². The van der Waals surface area contributed by atoms with Crippen molar-refractivity contribution in [1.29, 1.82) is 0 Å². The first-order chi connectivity index (χ1) is 66.5. The van der Waals surface area contributed by atoms with Gasteiger partial charge in [0, 0.05) is 17.2 Å². The van der Waals surface area contributed by atoms with Crippen molar-refractivity contribution in [2.45, 2.75) is 97.9 Å². The van der Waals surface area contributed by atoms with Crippen molar-refractivity contribution in [1.82, 2.24) is 0 Å². The average Bonchev–Trinajstić information content (AvgIpc) is 1.62. The van der Waals surface area contributed by atoms with E-state index in [1.54, 1.807) is 34.6 Å². The van der Waals surface area contributed by atoms with Crippen LogP contribution in [-0.2, 0) is 44.2 Å². The maximum absolute atomic E-state index is 7.75. The Bertz CT molecular complexity index is 5570. The predicted octanol–water partition coefficient (Wildman–Crippen LogP) is 30.6. The maximum Gasteiger partial charge on any atom is -0.0134 e. The van der Waals surface area contributed by atoms with Crippen LogP contribution in [-0.4, -0.2) is 18.9 Å². The van der Waals surface area contributed by atoms with Crippen molar-refractivity contribution in [2.75, 3.05) is 35.3 Å². The van der Waals surface area contributed by atoms with E-state index in [0.29, 0.717) is 35.3 Å². The van der Waals surface area contributed by atoms with Crippen LogP contribution in [0.1, 0.15) is 84.4 Å². The first kappa shape index (κ1) is 114. The summed E-state index contributed by atoms with van der Waals surface area (Å²) in [5.74, 6) is 8.14. The van der Waals surface area contributed by atoms with Gasteiger partial charge < -0.3 is 60.3 Å². The standard InChI is InChI=1S/3C31H28N2O2.C18H15P.CH2Cl2.2CHO.2CH4.3CH3.2ClH.2Ru.2H/c3*1-22-13-11-14-23(2)30(22)34-28-21-29(35-31-24(3)15-12-16-25(31)4)33(27-19-9-6-10-20-27)32(28)26-17-7-5-8-18-26;1-4-10-16(11-5-1)19(17-12-6-2-7-13-17)18-14-8-3-9-15-18;2-1-3;2*1-2;;;;;;;;;;;/h3*5-20H,1-4H3;1-15H;1H2;2*1H;2*1H4;3*1H3;2*1H;;;;/q;;;;;2*-1;;;3*-1;;;+1;+3;;/p-2/i;;;;1D2;;;;;;;;;;;;;. The molecule has 0 radical (unpaired) electrons. The van der Waals surface area contributed by atoms with Gasteiger partial charge in [0.15, 0.2) is 0 Å². The minimum absolute atomic E-state index is 0. The van der Waals surface area contributed by atoms with E-state index < -0.39 is 13.2 Å². The Balaban J connectivity index is 0.000000322. The summed E-state index contributed by atoms with van der Waals surface area (Å²) in [6, 6.07) is 130. The minimum atomic E-state index is -2.06. The number of anilines is 6. The first-order valence-electron chi connectivity index (χ1n) is 43.7. The fraction of sp³-hybridized carbons (Fsp3) is 0.126. The zero-order chi connectivity index (χ0) is 98.5. The summed E-state index contributed by atoms with van der Waals surface area (Å²) in [5, 5.41) is 14.2. The number of hydrogen-bond donors (Lipinski definition) is 0. The Labute approximate surface area is 873 Å². The summed E-state index contributed by atoms with van der Waals surface area (Å²) in [4.78, 5) is 15.5. The third kappa shape index (κ3) is 30.3. The smallest absolute Gasteiger partial charge is 0.0134 e. The van der Waals surface area contributed by atoms with Gasteiger partial charge in [-0.25, -0.2) is 30.1 Å². The number of benzene rings is 15. The zero-order valence-electron chi connectivity index (χ0n) is 81.7. The van der Waals surface area contributed by atoms with E-state index in [9.17, 15) is 0 Å². The molecule has 0 saturated carbocycles. The monoisotopic (exact) mass is 2140 g/mol. The number of para-hydroxylation sites is 12. The van der Waals surface area contributed by atoms with E-state index in [1.165, 1.54) is 15.9 Å². The van der Waals surface area contributed by atoms with Crippen molar-refractivity contribution in [3.05, 3.63) is 524 Å². The zero-order valence-corrected chi connectivity index (χ0v) is 87.3. The van der Waals surface area contributed by atoms with Crippen LogP contribution in [0, 0.1) is 105 Å². The summed E-state index contributed by atoms with van der Waals surface area (Å²) in [5.41, 5.74) is 28.6. The second-order valence-electron chi connectivity index (χ2n) is 30.4. The molecule has 3 aliphatic rings. The normalized spacial score (nSPS) is 11.7. The predicted molar refractivity (Wildman–Crippen MR) is 587 cm³/mol. The molecule has 3 heterocycles. The summed E-state index contributed by atoms with van der Waals surface area (Å²) in [6.45, 7) is 31.1. The Kier molecular flexibility index (Phi) is 49.1. The van der Waals surface area contributed by atoms with E-state index in [-0.39, 0.29) is 37.1 Å². The van der Waals surface area contributed by atoms with Crippen molar-refractivity contribution in [2.24, 2.45) is 0 Å². The van der Waals surface area contributed by atoms with Gasteiger partial charge in [-0.3, -0.25) is 13.6 Å². The maximum atomic E-state index is 7.75. The molecule has 0 N–H and O–H groups in total. The molecule has 0 fully saturated rings. The summed E-state index contributed by atoms with van der Waals surface area (Å²) in [6.07, 6.45) is 0. The van der Waals surface area contributed by atoms with Gasteiger partial charge in [0.05, 0.1) is 42.2 Å². The Morgan fingerprint density at radius 1 is 0.243 bits per heavy atom. The number of carbonyl (C=O) groups excluding carboxylic acids is 2. The molecule has 0 bridgehead atoms. The Morgan fingerprint density at radius 3 is 0.464 bits per heavy atom. The van der Waals surface area contributed by atoms with Crippen LogP contribution < -0.4 is 74.4 Å². The number of halogens is 4. The molecule has 0 unspecified atom stereocenters. The minimum Gasteiger partial charge on any atom is -0.0622 e. The molecule has 21 heteroatoms. The molecule has 0 spiro atoms. The number of hydrazine groups is 3. The van der Waals surface area contributed by atoms with Crippen LogP contribution >= 0.6 is 50.5 Å². The van der Waals surface area contributed by atoms with Gasteiger partial charge >= 0.3 is 54.0 Å². The summed E-state index contributed by atoms with van der Waals surface area (Å²) < 4.78 is 51.7. The second-order valence-corrected chi connectivity index (χ2v) is 33.2. The molecular weight excluding hydrogens is 2020 g/mol. The van der Waals surface area contributed by atoms with Gasteiger partial charge in [0.2, 0.25) is 0 Å². The fourth-order valence-corrected chi connectivity index (χ4v) is 17.2. The number of aryl methyl sites for hydroxylation is 12. The quantitative estimate of drug-likeness (QED) is 0.0170. The number of ether oxygens (including phenoxy) is 6. The molecule has 14 nitrogen and oxygen atoms in total. The van der Waals surface area contributed by atoms with Crippen molar-refractivity contribution >= 4 is 114 Å². The van der Waals surface area contributed by atoms with Crippen LogP contribution in [0.3, 0.4) is 0 Å². The van der Waals surface area contributed by atoms with Crippen LogP contribution in [0.4, 0.5) is 34.1 Å². The topological polar surface area (TPSA) is 109 Å². The molecule has 0 aliphatic carbocycles. The molecule has 0 atom stereocenters. The van der Waals surface area contributed by atoms with E-state index in [0.717, 1.165) is 135 Å². The van der Waals surface area contributed by atoms with Gasteiger partial charge in [-0.1, -0.05) is 324 Å². The van der Waals surface area contributed by atoms with Gasteiger partial charge in [-0.15, -0.1) is 23.2 Å². The molecular formula is C119H122Cl4N6O8PRu2-3. The van der Waals surface area contributed by atoms with E-state index in [4.69, 9.17) is 40.8 Å². The number of alkyl halides is 2. The second kappa shape index (κ2) is 60.5. The molecule has 18 rings (SSSR count). The third-order valence-electron chi connectivity index (χ3n) is 21.1. The molecule has 15 aromatic rings. The van der Waals surface area contributed by atoms with Crippen LogP contribution in [0.25, 0.3) is 0 Å². The SMILES string of the molecule is C.C.Cc1cccc(C)c1OC1=C=C(Oc2c(C)cccc2C)N(c2ccccc2)N1c1ccccc1.Cc1cccc(C)c1OC1=C=C(Oc2c(C)cccc2C)N(c2ccccc2)N1c1ccccc1.Cc1cccc(C)c1OC1=C=C(Oc2c(C)cccc2C)N(c2ccccc2)N1c1ccccc1.[2H]C([2H])(Cl)Cl.[CH-]=O.[CH-]=O.[CH3-].[CH3-].[CH3-].[Cl][RuH+2].[Cl][RuH].c1ccc(P(c2ccccc2)c2ccccc2)cc1. The number of nitrogens with zero attached hydrogens (tertiary/aromatic N) is 6. The van der Waals surface area contributed by atoms with E-state index >= 15 is 0 Å². The van der Waals surface area contributed by atoms with Crippen molar-refractivity contribution in [3.8, 4) is 34.5 Å². The fourth-order valence-electron chi connectivity index (χ4n) is 14.9. The first-order valence-corrected chi connectivity index (χ1v) is 49.6. The van der Waals surface area contributed by atoms with E-state index in [2.05, 4.69) is 320 Å². The molecule has 728 valence electrons. The average molecular weight is 2140 g/mol. The summed E-state index contributed by atoms with van der Waals surface area (Å²) >= 11 is 12.5. The van der Waals surface area contributed by atoms with Crippen LogP contribution in [0.2, 0.25) is 0 Å². The molecule has 0 saturated heterocycles. The molecule has 0 aromatic heterocycles.